The Hall–Kier alpha value is -1.89. The third kappa shape index (κ3) is 3.80. The highest BCUT2D eigenvalue weighted by atomic mass is 32.2. The molecule has 1 N–H and O–H groups in total. The first kappa shape index (κ1) is 14.5. The van der Waals surface area contributed by atoms with Crippen LogP contribution in [0.4, 0.5) is 0 Å². The maximum Gasteiger partial charge on any atom is 0.140 e. The molecule has 0 aliphatic carbocycles. The van der Waals surface area contributed by atoms with Crippen LogP contribution in [0.1, 0.15) is 17.2 Å². The van der Waals surface area contributed by atoms with Crippen LogP contribution < -0.4 is 4.74 Å². The number of methoxy groups -OCH3 is 1. The highest BCUT2D eigenvalue weighted by Gasteiger charge is 2.03. The van der Waals surface area contributed by atoms with E-state index >= 15 is 0 Å². The second kappa shape index (κ2) is 7.04. The Kier molecular flexibility index (Phi) is 5.11. The van der Waals surface area contributed by atoms with Gasteiger partial charge in [-0.3, -0.25) is 0 Å². The van der Waals surface area contributed by atoms with E-state index in [4.69, 9.17) is 4.74 Å². The van der Waals surface area contributed by atoms with Gasteiger partial charge in [-0.1, -0.05) is 24.0 Å². The molecule has 1 atom stereocenters. The van der Waals surface area contributed by atoms with E-state index in [0.29, 0.717) is 0 Å². The molecule has 2 rings (SSSR count). The molecule has 0 amide bonds. The topological polar surface area (TPSA) is 29.5 Å². The first-order chi connectivity index (χ1) is 9.72. The zero-order valence-electron chi connectivity index (χ0n) is 11.5. The van der Waals surface area contributed by atoms with E-state index < -0.39 is 6.10 Å². The molecule has 0 radical (unpaired) electrons. The van der Waals surface area contributed by atoms with E-state index in [1.165, 1.54) is 4.90 Å². The average molecular weight is 284 g/mol. The van der Waals surface area contributed by atoms with Crippen molar-refractivity contribution >= 4 is 11.8 Å². The number of rotatable bonds is 3. The molecule has 0 heterocycles. The lowest BCUT2D eigenvalue weighted by molar-refractivity contribution is 0.238. The minimum absolute atomic E-state index is 0.763. The Morgan fingerprint density at radius 2 is 1.70 bits per heavy atom. The molecule has 0 saturated carbocycles. The van der Waals surface area contributed by atoms with Gasteiger partial charge >= 0.3 is 0 Å². The largest absolute Gasteiger partial charge is 0.497 e. The van der Waals surface area contributed by atoms with Gasteiger partial charge in [0.1, 0.15) is 11.9 Å². The Morgan fingerprint density at radius 3 is 2.25 bits per heavy atom. The summed E-state index contributed by atoms with van der Waals surface area (Å²) in [5.41, 5.74) is 1.66. The summed E-state index contributed by atoms with van der Waals surface area (Å²) >= 11 is 1.69. The van der Waals surface area contributed by atoms with Crippen LogP contribution in [-0.4, -0.2) is 18.5 Å². The lowest BCUT2D eigenvalue weighted by Crippen LogP contribution is -1.93. The zero-order chi connectivity index (χ0) is 14.4. The summed E-state index contributed by atoms with van der Waals surface area (Å²) in [7, 11) is 1.61. The van der Waals surface area contributed by atoms with Gasteiger partial charge in [0.05, 0.1) is 7.11 Å². The summed E-state index contributed by atoms with van der Waals surface area (Å²) in [5.74, 6) is 6.60. The maximum atomic E-state index is 10.0. The second-order valence-electron chi connectivity index (χ2n) is 4.17. The van der Waals surface area contributed by atoms with Gasteiger partial charge in [0.15, 0.2) is 0 Å². The van der Waals surface area contributed by atoms with Crippen molar-refractivity contribution in [3.8, 4) is 17.6 Å². The molecule has 20 heavy (non-hydrogen) atoms. The molecule has 0 fully saturated rings. The Balaban J connectivity index is 2.09. The van der Waals surface area contributed by atoms with Crippen molar-refractivity contribution in [3.63, 3.8) is 0 Å². The van der Waals surface area contributed by atoms with Crippen molar-refractivity contribution < 1.29 is 9.84 Å². The van der Waals surface area contributed by atoms with Crippen LogP contribution in [0.3, 0.4) is 0 Å². The van der Waals surface area contributed by atoms with Crippen LogP contribution in [0.5, 0.6) is 5.75 Å². The summed E-state index contributed by atoms with van der Waals surface area (Å²) in [4.78, 5) is 1.20. The maximum absolute atomic E-state index is 10.0. The van der Waals surface area contributed by atoms with Crippen LogP contribution in [0, 0.1) is 11.8 Å². The molecule has 2 nitrogen and oxygen atoms in total. The SMILES string of the molecule is COc1ccc(C(O)C#Cc2ccc(SC)cc2)cc1. The molecule has 0 aliphatic rings. The Bertz CT molecular complexity index is 606. The predicted molar refractivity (Wildman–Crippen MR) is 83.1 cm³/mol. The predicted octanol–water partition coefficient (Wildman–Crippen LogP) is 3.50. The molecular weight excluding hydrogens is 268 g/mol. The number of aliphatic hydroxyl groups is 1. The molecule has 0 aromatic heterocycles. The van der Waals surface area contributed by atoms with Gasteiger partial charge in [-0.15, -0.1) is 11.8 Å². The average Bonchev–Trinajstić information content (AvgIpc) is 2.53. The van der Waals surface area contributed by atoms with Gasteiger partial charge < -0.3 is 9.84 Å². The summed E-state index contributed by atoms with van der Waals surface area (Å²) in [5, 5.41) is 10.0. The Labute approximate surface area is 123 Å². The number of benzene rings is 2. The minimum atomic E-state index is -0.791. The summed E-state index contributed by atoms with van der Waals surface area (Å²) in [6.07, 6.45) is 1.25. The summed E-state index contributed by atoms with van der Waals surface area (Å²) in [6.45, 7) is 0. The lowest BCUT2D eigenvalue weighted by Gasteiger charge is -2.05. The van der Waals surface area contributed by atoms with E-state index in [1.54, 1.807) is 18.9 Å². The number of ether oxygens (including phenoxy) is 1. The van der Waals surface area contributed by atoms with E-state index in [1.807, 2.05) is 54.8 Å². The van der Waals surface area contributed by atoms with Crippen molar-refractivity contribution in [2.24, 2.45) is 0 Å². The molecule has 2 aromatic carbocycles. The molecular formula is C17H16O2S. The first-order valence-electron chi connectivity index (χ1n) is 6.20. The normalized spacial score (nSPS) is 11.3. The van der Waals surface area contributed by atoms with Gasteiger partial charge in [0.25, 0.3) is 0 Å². The van der Waals surface area contributed by atoms with E-state index in [0.717, 1.165) is 16.9 Å². The summed E-state index contributed by atoms with van der Waals surface area (Å²) in [6, 6.07) is 15.2. The van der Waals surface area contributed by atoms with Crippen molar-refractivity contribution in [2.45, 2.75) is 11.0 Å². The van der Waals surface area contributed by atoms with E-state index in [9.17, 15) is 5.11 Å². The van der Waals surface area contributed by atoms with Gasteiger partial charge in [-0.05, 0) is 48.2 Å². The van der Waals surface area contributed by atoms with E-state index in [2.05, 4.69) is 11.8 Å². The monoisotopic (exact) mass is 284 g/mol. The van der Waals surface area contributed by atoms with Gasteiger partial charge in [0.2, 0.25) is 0 Å². The minimum Gasteiger partial charge on any atom is -0.497 e. The number of hydrogen-bond donors (Lipinski definition) is 1. The number of aliphatic hydroxyl groups excluding tert-OH is 1. The van der Waals surface area contributed by atoms with Crippen LogP contribution in [-0.2, 0) is 0 Å². The van der Waals surface area contributed by atoms with Gasteiger partial charge in [0, 0.05) is 10.5 Å². The molecule has 0 bridgehead atoms. The Morgan fingerprint density at radius 1 is 1.05 bits per heavy atom. The summed E-state index contributed by atoms with van der Waals surface area (Å²) < 4.78 is 5.08. The van der Waals surface area contributed by atoms with Crippen LogP contribution in [0.25, 0.3) is 0 Å². The van der Waals surface area contributed by atoms with Gasteiger partial charge in [-0.2, -0.15) is 0 Å². The van der Waals surface area contributed by atoms with Crippen molar-refractivity contribution in [2.75, 3.05) is 13.4 Å². The third-order valence-electron chi connectivity index (χ3n) is 2.87. The van der Waals surface area contributed by atoms with Crippen LogP contribution >= 0.6 is 11.8 Å². The lowest BCUT2D eigenvalue weighted by atomic mass is 10.1. The third-order valence-corrected chi connectivity index (χ3v) is 3.62. The van der Waals surface area contributed by atoms with Crippen molar-refractivity contribution in [1.29, 1.82) is 0 Å². The molecule has 0 aliphatic heterocycles. The smallest absolute Gasteiger partial charge is 0.140 e. The fourth-order valence-electron chi connectivity index (χ4n) is 1.70. The van der Waals surface area contributed by atoms with Crippen LogP contribution in [0.15, 0.2) is 53.4 Å². The first-order valence-corrected chi connectivity index (χ1v) is 7.43. The molecule has 0 saturated heterocycles. The highest BCUT2D eigenvalue weighted by Crippen LogP contribution is 2.17. The fraction of sp³-hybridized carbons (Fsp3) is 0.176. The highest BCUT2D eigenvalue weighted by molar-refractivity contribution is 7.98. The standard InChI is InChI=1S/C17H16O2S/c1-19-15-8-6-14(7-9-15)17(18)12-5-13-3-10-16(20-2)11-4-13/h3-4,6-11,17-18H,1-2H3. The van der Waals surface area contributed by atoms with Crippen LogP contribution in [0.2, 0.25) is 0 Å². The zero-order valence-corrected chi connectivity index (χ0v) is 12.3. The molecule has 2 aromatic rings. The van der Waals surface area contributed by atoms with Crippen molar-refractivity contribution in [3.05, 3.63) is 59.7 Å². The molecule has 3 heteroatoms. The molecule has 102 valence electrons. The fourth-order valence-corrected chi connectivity index (χ4v) is 2.10. The molecule has 1 unspecified atom stereocenters. The van der Waals surface area contributed by atoms with E-state index in [-0.39, 0.29) is 0 Å². The van der Waals surface area contributed by atoms with Gasteiger partial charge in [-0.25, -0.2) is 0 Å². The number of thioether (sulfide) groups is 1. The second-order valence-corrected chi connectivity index (χ2v) is 5.05. The molecule has 0 spiro atoms. The van der Waals surface area contributed by atoms with Crippen molar-refractivity contribution in [1.82, 2.24) is 0 Å². The quantitative estimate of drug-likeness (QED) is 0.691. The number of hydrogen-bond acceptors (Lipinski definition) is 3.